The standard InChI is InChI=1S/C24H26N4O2S/c1-3-27(19-11-7-8-12-19)22(29)17-31-24-26-25-23(18-10-9-15-21(16-18)30-2)28(24)20-13-5-4-6-14-20/h4-6,9-11,13-16H,3,7-8,12,17H2,1-2H3. The quantitative estimate of drug-likeness (QED) is 0.470. The molecule has 0 N–H and O–H groups in total. The minimum Gasteiger partial charge on any atom is -0.497 e. The van der Waals surface area contributed by atoms with Crippen molar-refractivity contribution in [3.05, 3.63) is 66.4 Å². The fourth-order valence-corrected chi connectivity index (χ4v) is 4.59. The molecule has 3 aromatic rings. The zero-order chi connectivity index (χ0) is 21.6. The van der Waals surface area contributed by atoms with Gasteiger partial charge in [0.05, 0.1) is 12.9 Å². The number of amides is 1. The van der Waals surface area contributed by atoms with Crippen molar-refractivity contribution in [1.82, 2.24) is 19.7 Å². The number of hydrogen-bond donors (Lipinski definition) is 0. The summed E-state index contributed by atoms with van der Waals surface area (Å²) >= 11 is 1.42. The van der Waals surface area contributed by atoms with Crippen LogP contribution in [0.4, 0.5) is 0 Å². The van der Waals surface area contributed by atoms with E-state index in [1.807, 2.05) is 71.0 Å². The Balaban J connectivity index is 1.63. The molecule has 0 saturated carbocycles. The van der Waals surface area contributed by atoms with Gasteiger partial charge in [0.15, 0.2) is 11.0 Å². The summed E-state index contributed by atoms with van der Waals surface area (Å²) in [5, 5.41) is 9.58. The van der Waals surface area contributed by atoms with Gasteiger partial charge in [0.25, 0.3) is 0 Å². The number of aromatic nitrogens is 3. The summed E-state index contributed by atoms with van der Waals surface area (Å²) in [7, 11) is 1.65. The molecule has 0 bridgehead atoms. The molecule has 1 aromatic heterocycles. The summed E-state index contributed by atoms with van der Waals surface area (Å²) < 4.78 is 7.37. The van der Waals surface area contributed by atoms with Gasteiger partial charge in [-0.15, -0.1) is 10.2 Å². The maximum absolute atomic E-state index is 12.9. The first-order chi connectivity index (χ1) is 15.2. The molecule has 0 fully saturated rings. The zero-order valence-corrected chi connectivity index (χ0v) is 18.6. The number of hydrogen-bond acceptors (Lipinski definition) is 5. The molecule has 0 radical (unpaired) electrons. The molecule has 31 heavy (non-hydrogen) atoms. The van der Waals surface area contributed by atoms with Crippen molar-refractivity contribution in [2.24, 2.45) is 0 Å². The van der Waals surface area contributed by atoms with Crippen LogP contribution in [0.25, 0.3) is 17.1 Å². The Morgan fingerprint density at radius 1 is 1.16 bits per heavy atom. The number of carbonyl (C=O) groups is 1. The molecule has 2 aromatic carbocycles. The van der Waals surface area contributed by atoms with Crippen LogP contribution >= 0.6 is 11.8 Å². The maximum atomic E-state index is 12.9. The third-order valence-corrected chi connectivity index (χ3v) is 6.20. The lowest BCUT2D eigenvalue weighted by atomic mass is 10.2. The van der Waals surface area contributed by atoms with Crippen molar-refractivity contribution in [3.8, 4) is 22.8 Å². The van der Waals surface area contributed by atoms with Crippen molar-refractivity contribution in [1.29, 1.82) is 0 Å². The molecule has 0 spiro atoms. The molecule has 0 unspecified atom stereocenters. The van der Waals surface area contributed by atoms with Crippen LogP contribution in [-0.2, 0) is 4.79 Å². The minimum absolute atomic E-state index is 0.103. The Morgan fingerprint density at radius 2 is 2.00 bits per heavy atom. The van der Waals surface area contributed by atoms with E-state index in [1.165, 1.54) is 11.8 Å². The number of benzene rings is 2. The monoisotopic (exact) mass is 434 g/mol. The van der Waals surface area contributed by atoms with Gasteiger partial charge < -0.3 is 9.64 Å². The number of nitrogens with zero attached hydrogens (tertiary/aromatic N) is 4. The fraction of sp³-hybridized carbons (Fsp3) is 0.292. The number of allylic oxidation sites excluding steroid dienone is 2. The highest BCUT2D eigenvalue weighted by atomic mass is 32.2. The Kier molecular flexibility index (Phi) is 6.72. The Hall–Kier alpha value is -3.06. The van der Waals surface area contributed by atoms with Gasteiger partial charge in [0.2, 0.25) is 5.91 Å². The highest BCUT2D eigenvalue weighted by molar-refractivity contribution is 7.99. The van der Waals surface area contributed by atoms with Gasteiger partial charge in [-0.05, 0) is 50.5 Å². The van der Waals surface area contributed by atoms with Gasteiger partial charge in [-0.1, -0.05) is 48.2 Å². The first-order valence-corrected chi connectivity index (χ1v) is 11.5. The Bertz CT molecular complexity index is 1080. The van der Waals surface area contributed by atoms with Crippen molar-refractivity contribution < 1.29 is 9.53 Å². The highest BCUT2D eigenvalue weighted by Gasteiger charge is 2.21. The van der Waals surface area contributed by atoms with E-state index in [9.17, 15) is 4.79 Å². The largest absolute Gasteiger partial charge is 0.497 e. The van der Waals surface area contributed by atoms with Gasteiger partial charge in [-0.25, -0.2) is 0 Å². The predicted molar refractivity (Wildman–Crippen MR) is 123 cm³/mol. The van der Waals surface area contributed by atoms with E-state index in [0.717, 1.165) is 42.0 Å². The van der Waals surface area contributed by atoms with Crippen LogP contribution in [0.5, 0.6) is 5.75 Å². The fourth-order valence-electron chi connectivity index (χ4n) is 3.77. The van der Waals surface area contributed by atoms with Crippen LogP contribution in [0.3, 0.4) is 0 Å². The number of thioether (sulfide) groups is 1. The third kappa shape index (κ3) is 4.66. The predicted octanol–water partition coefficient (Wildman–Crippen LogP) is 4.95. The summed E-state index contributed by atoms with van der Waals surface area (Å²) in [4.78, 5) is 14.8. The van der Waals surface area contributed by atoms with E-state index >= 15 is 0 Å². The average Bonchev–Trinajstić information content (AvgIpc) is 3.49. The molecule has 160 valence electrons. The number of carbonyl (C=O) groups excluding carboxylic acids is 1. The first kappa shape index (κ1) is 21.2. The molecule has 0 atom stereocenters. The first-order valence-electron chi connectivity index (χ1n) is 10.5. The lowest BCUT2D eigenvalue weighted by Gasteiger charge is -2.22. The lowest BCUT2D eigenvalue weighted by Crippen LogP contribution is -2.31. The Morgan fingerprint density at radius 3 is 2.71 bits per heavy atom. The van der Waals surface area contributed by atoms with Gasteiger partial charge in [0, 0.05) is 23.5 Å². The van der Waals surface area contributed by atoms with Gasteiger partial charge >= 0.3 is 0 Å². The van der Waals surface area contributed by atoms with Crippen molar-refractivity contribution in [2.45, 2.75) is 31.3 Å². The molecular weight excluding hydrogens is 408 g/mol. The second-order valence-corrected chi connectivity index (χ2v) is 8.17. The lowest BCUT2D eigenvalue weighted by molar-refractivity contribution is -0.126. The van der Waals surface area contributed by atoms with Crippen LogP contribution in [0.2, 0.25) is 0 Å². The van der Waals surface area contributed by atoms with E-state index in [4.69, 9.17) is 4.74 Å². The van der Waals surface area contributed by atoms with Gasteiger partial charge in [0.1, 0.15) is 5.75 Å². The summed E-state index contributed by atoms with van der Waals surface area (Å²) in [6.07, 6.45) is 5.33. The molecule has 0 saturated heterocycles. The number of para-hydroxylation sites is 1. The van der Waals surface area contributed by atoms with Crippen LogP contribution in [0.15, 0.2) is 71.5 Å². The van der Waals surface area contributed by atoms with E-state index < -0.39 is 0 Å². The number of rotatable bonds is 8. The van der Waals surface area contributed by atoms with Crippen LogP contribution < -0.4 is 4.74 Å². The van der Waals surface area contributed by atoms with E-state index in [2.05, 4.69) is 16.3 Å². The molecular formula is C24H26N4O2S. The normalized spacial score (nSPS) is 13.2. The molecule has 6 nitrogen and oxygen atoms in total. The molecule has 1 heterocycles. The molecule has 7 heteroatoms. The topological polar surface area (TPSA) is 60.3 Å². The van der Waals surface area contributed by atoms with Crippen molar-refractivity contribution in [3.63, 3.8) is 0 Å². The molecule has 4 rings (SSSR count). The van der Waals surface area contributed by atoms with E-state index in [1.54, 1.807) is 7.11 Å². The van der Waals surface area contributed by atoms with Gasteiger partial charge in [-0.2, -0.15) is 0 Å². The maximum Gasteiger partial charge on any atom is 0.237 e. The molecule has 1 aliphatic carbocycles. The smallest absolute Gasteiger partial charge is 0.237 e. The van der Waals surface area contributed by atoms with Crippen molar-refractivity contribution >= 4 is 17.7 Å². The van der Waals surface area contributed by atoms with Crippen molar-refractivity contribution in [2.75, 3.05) is 19.4 Å². The second-order valence-electron chi connectivity index (χ2n) is 7.22. The Labute approximate surface area is 186 Å². The van der Waals surface area contributed by atoms with Gasteiger partial charge in [-0.3, -0.25) is 9.36 Å². The number of ether oxygens (including phenoxy) is 1. The minimum atomic E-state index is 0.103. The SMILES string of the molecule is CCN(C(=O)CSc1nnc(-c2cccc(OC)c2)n1-c1ccccc1)C1=CCCC1. The molecule has 1 amide bonds. The highest BCUT2D eigenvalue weighted by Crippen LogP contribution is 2.30. The van der Waals surface area contributed by atoms with Crippen LogP contribution in [-0.4, -0.2) is 45.0 Å². The summed E-state index contributed by atoms with van der Waals surface area (Å²) in [5.41, 5.74) is 3.00. The summed E-state index contributed by atoms with van der Waals surface area (Å²) in [6, 6.07) is 17.7. The number of methoxy groups -OCH3 is 1. The van der Waals surface area contributed by atoms with E-state index in [-0.39, 0.29) is 5.91 Å². The molecule has 0 aliphatic heterocycles. The van der Waals surface area contributed by atoms with E-state index in [0.29, 0.717) is 23.3 Å². The average molecular weight is 435 g/mol. The van der Waals surface area contributed by atoms with Crippen LogP contribution in [0.1, 0.15) is 26.2 Å². The third-order valence-electron chi connectivity index (χ3n) is 5.28. The molecule has 1 aliphatic rings. The van der Waals surface area contributed by atoms with Crippen LogP contribution in [0, 0.1) is 0 Å². The summed E-state index contributed by atoms with van der Waals surface area (Å²) in [5.74, 6) is 1.89. The zero-order valence-electron chi connectivity index (χ0n) is 17.8. The summed E-state index contributed by atoms with van der Waals surface area (Å²) in [6.45, 7) is 2.71. The second kappa shape index (κ2) is 9.83.